The molecule has 2 amide bonds. The molecule has 208 valence electrons. The van der Waals surface area contributed by atoms with Crippen LogP contribution in [0.5, 0.6) is 5.75 Å². The highest BCUT2D eigenvalue weighted by molar-refractivity contribution is 5.90. The summed E-state index contributed by atoms with van der Waals surface area (Å²) in [7, 11) is 0. The van der Waals surface area contributed by atoms with Gasteiger partial charge in [-0.05, 0) is 42.9 Å². The third-order valence-electron chi connectivity index (χ3n) is 6.59. The number of carbonyl (C=O) groups excluding carboxylic acids is 3. The fraction of sp³-hybridized carbons (Fsp3) is 0.630. The van der Waals surface area contributed by atoms with Crippen molar-refractivity contribution >= 4 is 23.8 Å². The minimum atomic E-state index is -1.21. The lowest BCUT2D eigenvalue weighted by molar-refractivity contribution is -0.156. The summed E-state index contributed by atoms with van der Waals surface area (Å²) in [5.74, 6) is -3.10. The standard InChI is InChI=1S/C27H43N3O7/c1-6-8-9-17(4)22(37-27(36)24(28)16(3)7-2)15-23(32)30-21(25(33)29-18(5)26(34)35)14-19-10-12-20(31)13-11-19/h10-13,16-18,21-22,24,31H,6-9,14-15,28H2,1-5H3,(H,29,33)(H,30,32)(H,34,35)/t16-,17-,18-,21-,22-,24+/m0/s1. The van der Waals surface area contributed by atoms with Crippen molar-refractivity contribution in [2.24, 2.45) is 17.6 Å². The molecule has 10 heteroatoms. The number of hydrogen-bond acceptors (Lipinski definition) is 7. The van der Waals surface area contributed by atoms with Crippen molar-refractivity contribution in [3.05, 3.63) is 29.8 Å². The summed E-state index contributed by atoms with van der Waals surface area (Å²) in [5.41, 5.74) is 6.70. The van der Waals surface area contributed by atoms with E-state index >= 15 is 0 Å². The lowest BCUT2D eigenvalue weighted by Crippen LogP contribution is -2.52. The zero-order valence-electron chi connectivity index (χ0n) is 22.5. The normalized spacial score (nSPS) is 15.9. The maximum atomic E-state index is 13.1. The molecule has 0 aliphatic carbocycles. The monoisotopic (exact) mass is 521 g/mol. The largest absolute Gasteiger partial charge is 0.508 e. The quantitative estimate of drug-likeness (QED) is 0.207. The summed E-state index contributed by atoms with van der Waals surface area (Å²) in [6.45, 7) is 9.07. The highest BCUT2D eigenvalue weighted by Crippen LogP contribution is 2.20. The first kappa shape index (κ1) is 31.9. The number of phenols is 1. The van der Waals surface area contributed by atoms with Crippen LogP contribution in [0.4, 0.5) is 0 Å². The van der Waals surface area contributed by atoms with Gasteiger partial charge >= 0.3 is 11.9 Å². The lowest BCUT2D eigenvalue weighted by atomic mass is 9.94. The molecule has 0 spiro atoms. The Morgan fingerprint density at radius 3 is 2.16 bits per heavy atom. The number of nitrogens with one attached hydrogen (secondary N) is 2. The Hall–Kier alpha value is -3.14. The summed E-state index contributed by atoms with van der Waals surface area (Å²) in [4.78, 5) is 49.8. The molecule has 0 aliphatic heterocycles. The molecule has 0 saturated carbocycles. The lowest BCUT2D eigenvalue weighted by Gasteiger charge is -2.27. The van der Waals surface area contributed by atoms with Crippen LogP contribution in [-0.2, 0) is 30.3 Å². The molecule has 0 radical (unpaired) electrons. The van der Waals surface area contributed by atoms with Crippen molar-refractivity contribution in [1.82, 2.24) is 10.6 Å². The smallest absolute Gasteiger partial charge is 0.325 e. The van der Waals surface area contributed by atoms with Gasteiger partial charge in [0.05, 0.1) is 6.42 Å². The topological polar surface area (TPSA) is 168 Å². The Kier molecular flexibility index (Phi) is 13.7. The van der Waals surface area contributed by atoms with Gasteiger partial charge in [-0.15, -0.1) is 0 Å². The van der Waals surface area contributed by atoms with Crippen molar-refractivity contribution in [3.8, 4) is 5.75 Å². The first-order chi connectivity index (χ1) is 17.4. The molecule has 0 unspecified atom stereocenters. The zero-order chi connectivity index (χ0) is 28.1. The number of benzene rings is 1. The van der Waals surface area contributed by atoms with Crippen LogP contribution in [0.3, 0.4) is 0 Å². The van der Waals surface area contributed by atoms with Gasteiger partial charge in [-0.2, -0.15) is 0 Å². The molecule has 1 aromatic carbocycles. The second kappa shape index (κ2) is 15.9. The molecule has 6 atom stereocenters. The van der Waals surface area contributed by atoms with Crippen molar-refractivity contribution in [2.75, 3.05) is 0 Å². The fourth-order valence-corrected chi connectivity index (χ4v) is 3.67. The van der Waals surface area contributed by atoms with Crippen molar-refractivity contribution in [1.29, 1.82) is 0 Å². The number of ether oxygens (including phenoxy) is 1. The first-order valence-electron chi connectivity index (χ1n) is 13.0. The van der Waals surface area contributed by atoms with E-state index in [-0.39, 0.29) is 30.4 Å². The maximum Gasteiger partial charge on any atom is 0.325 e. The number of amides is 2. The van der Waals surface area contributed by atoms with E-state index in [0.29, 0.717) is 12.0 Å². The molecule has 0 aliphatic rings. The second-order valence-electron chi connectivity index (χ2n) is 9.77. The van der Waals surface area contributed by atoms with E-state index < -0.39 is 48.0 Å². The molecular formula is C27H43N3O7. The SMILES string of the molecule is CCCC[C@H](C)[C@H](CC(=O)N[C@@H](Cc1ccc(O)cc1)C(=O)N[C@@H](C)C(=O)O)OC(=O)[C@H](N)[C@@H](C)CC. The average molecular weight is 522 g/mol. The number of carbonyl (C=O) groups is 4. The molecule has 0 bridgehead atoms. The summed E-state index contributed by atoms with van der Waals surface area (Å²) in [6, 6.07) is 3.08. The molecule has 10 nitrogen and oxygen atoms in total. The molecule has 0 aromatic heterocycles. The summed E-state index contributed by atoms with van der Waals surface area (Å²) < 4.78 is 5.70. The third kappa shape index (κ3) is 11.2. The molecule has 6 N–H and O–H groups in total. The number of rotatable bonds is 16. The summed E-state index contributed by atoms with van der Waals surface area (Å²) in [6.07, 6.45) is 2.46. The van der Waals surface area contributed by atoms with E-state index in [1.807, 2.05) is 27.7 Å². The number of unbranched alkanes of at least 4 members (excludes halogenated alkanes) is 1. The van der Waals surface area contributed by atoms with Crippen LogP contribution in [0.25, 0.3) is 0 Å². The van der Waals surface area contributed by atoms with E-state index in [4.69, 9.17) is 15.6 Å². The molecule has 0 saturated heterocycles. The first-order valence-corrected chi connectivity index (χ1v) is 13.0. The Labute approximate surface area is 219 Å². The number of carboxylic acid groups (broad SMARTS) is 1. The average Bonchev–Trinajstić information content (AvgIpc) is 2.86. The van der Waals surface area contributed by atoms with Gasteiger partial charge in [0.2, 0.25) is 11.8 Å². The van der Waals surface area contributed by atoms with Gasteiger partial charge in [0, 0.05) is 6.42 Å². The number of esters is 1. The predicted molar refractivity (Wildman–Crippen MR) is 140 cm³/mol. The summed E-state index contributed by atoms with van der Waals surface area (Å²) in [5, 5.41) is 23.8. The van der Waals surface area contributed by atoms with Crippen molar-refractivity contribution in [2.45, 2.75) is 97.4 Å². The predicted octanol–water partition coefficient (Wildman–Crippen LogP) is 2.51. The molecule has 37 heavy (non-hydrogen) atoms. The van der Waals surface area contributed by atoms with Gasteiger partial charge in [-0.25, -0.2) is 0 Å². The van der Waals surface area contributed by atoms with E-state index in [0.717, 1.165) is 19.3 Å². The number of hydrogen-bond donors (Lipinski definition) is 5. The fourth-order valence-electron chi connectivity index (χ4n) is 3.67. The van der Waals surface area contributed by atoms with Crippen LogP contribution < -0.4 is 16.4 Å². The number of aliphatic carboxylic acids is 1. The van der Waals surface area contributed by atoms with Gasteiger partial charge in [0.25, 0.3) is 0 Å². The van der Waals surface area contributed by atoms with Crippen LogP contribution >= 0.6 is 0 Å². The molecule has 1 aromatic rings. The van der Waals surface area contributed by atoms with Gasteiger partial charge in [-0.1, -0.05) is 59.1 Å². The van der Waals surface area contributed by atoms with E-state index in [2.05, 4.69) is 10.6 Å². The second-order valence-corrected chi connectivity index (χ2v) is 9.77. The van der Waals surface area contributed by atoms with E-state index in [9.17, 15) is 24.3 Å². The Bertz CT molecular complexity index is 890. The van der Waals surface area contributed by atoms with Gasteiger partial charge < -0.3 is 31.3 Å². The van der Waals surface area contributed by atoms with Crippen LogP contribution in [0.2, 0.25) is 0 Å². The molecule has 1 rings (SSSR count). The van der Waals surface area contributed by atoms with Gasteiger partial charge in [0.1, 0.15) is 30.0 Å². The molecular weight excluding hydrogens is 478 g/mol. The van der Waals surface area contributed by atoms with Crippen LogP contribution in [0.1, 0.15) is 72.3 Å². The van der Waals surface area contributed by atoms with Crippen LogP contribution in [0.15, 0.2) is 24.3 Å². The molecule has 0 heterocycles. The minimum absolute atomic E-state index is 0.0506. The number of phenolic OH excluding ortho intramolecular Hbond substituents is 1. The third-order valence-corrected chi connectivity index (χ3v) is 6.59. The highest BCUT2D eigenvalue weighted by Gasteiger charge is 2.31. The van der Waals surface area contributed by atoms with Gasteiger partial charge in [0.15, 0.2) is 0 Å². The zero-order valence-corrected chi connectivity index (χ0v) is 22.5. The van der Waals surface area contributed by atoms with E-state index in [1.54, 1.807) is 12.1 Å². The molecule has 0 fully saturated rings. The number of nitrogens with two attached hydrogens (primary N) is 1. The van der Waals surface area contributed by atoms with E-state index in [1.165, 1.54) is 19.1 Å². The van der Waals surface area contributed by atoms with Gasteiger partial charge in [-0.3, -0.25) is 19.2 Å². The van der Waals surface area contributed by atoms with Crippen LogP contribution in [-0.4, -0.2) is 58.2 Å². The van der Waals surface area contributed by atoms with Crippen molar-refractivity contribution < 1.29 is 34.1 Å². The van der Waals surface area contributed by atoms with Crippen molar-refractivity contribution in [3.63, 3.8) is 0 Å². The Balaban J connectivity index is 3.05. The number of carboxylic acids is 1. The Morgan fingerprint density at radius 2 is 1.62 bits per heavy atom. The highest BCUT2D eigenvalue weighted by atomic mass is 16.5. The summed E-state index contributed by atoms with van der Waals surface area (Å²) >= 11 is 0. The maximum absolute atomic E-state index is 13.1. The minimum Gasteiger partial charge on any atom is -0.508 e. The van der Waals surface area contributed by atoms with Crippen LogP contribution in [0, 0.1) is 11.8 Å². The Morgan fingerprint density at radius 1 is 1.00 bits per heavy atom. The number of aromatic hydroxyl groups is 1.